The van der Waals surface area contributed by atoms with E-state index >= 15 is 0 Å². The molecule has 0 atom stereocenters. The Balaban J connectivity index is 2.90. The average Bonchev–Trinajstić information content (AvgIpc) is 2.34. The van der Waals surface area contributed by atoms with Crippen molar-refractivity contribution >= 4 is 7.32 Å². The Bertz CT molecular complexity index is 154. The molecule has 0 aliphatic carbocycles. The van der Waals surface area contributed by atoms with Crippen molar-refractivity contribution in [1.82, 2.24) is 0 Å². The summed E-state index contributed by atoms with van der Waals surface area (Å²) in [6.45, 7) is 2.71. The summed E-state index contributed by atoms with van der Waals surface area (Å²) in [6, 6.07) is 0. The molecule has 4 heteroatoms. The first-order valence-corrected chi connectivity index (χ1v) is 7.75. The van der Waals surface area contributed by atoms with Crippen molar-refractivity contribution in [1.29, 1.82) is 0 Å². The first-order chi connectivity index (χ1) is 8.77. The van der Waals surface area contributed by atoms with Crippen LogP contribution in [0.2, 0.25) is 0 Å². The topological polar surface area (TPSA) is 49.7 Å². The normalized spacial score (nSPS) is 10.8. The maximum Gasteiger partial charge on any atom is 0.633 e. The summed E-state index contributed by atoms with van der Waals surface area (Å²) in [6.07, 6.45) is 15.7. The van der Waals surface area contributed by atoms with Gasteiger partial charge in [0.25, 0.3) is 0 Å². The molecule has 2 N–H and O–H groups in total. The molecule has 0 unspecified atom stereocenters. The fourth-order valence-electron chi connectivity index (χ4n) is 2.13. The molecule has 108 valence electrons. The second kappa shape index (κ2) is 15.0. The molecule has 0 amide bonds. The minimum atomic E-state index is -1.60. The fourth-order valence-corrected chi connectivity index (χ4v) is 2.13. The third-order valence-corrected chi connectivity index (χ3v) is 3.26. The zero-order valence-corrected chi connectivity index (χ0v) is 12.1. The quantitative estimate of drug-likeness (QED) is 0.369. The molecule has 0 fully saturated rings. The van der Waals surface area contributed by atoms with Gasteiger partial charge in [0.05, 0.1) is 0 Å². The predicted octanol–water partition coefficient (Wildman–Crippen LogP) is 3.67. The molecule has 0 aliphatic rings. The second-order valence-corrected chi connectivity index (χ2v) is 5.09. The molecule has 0 bridgehead atoms. The average molecular weight is 258 g/mol. The monoisotopic (exact) mass is 258 g/mol. The number of rotatable bonds is 14. The largest absolute Gasteiger partial charge is 0.633 e. The SMILES string of the molecule is CCCCCCCCCCCCCCOB(O)O. The molecule has 18 heavy (non-hydrogen) atoms. The molecule has 0 saturated heterocycles. The van der Waals surface area contributed by atoms with E-state index in [0.717, 1.165) is 12.8 Å². The van der Waals surface area contributed by atoms with Crippen LogP contribution in [-0.2, 0) is 4.65 Å². The van der Waals surface area contributed by atoms with Gasteiger partial charge in [-0.2, -0.15) is 0 Å². The van der Waals surface area contributed by atoms with Gasteiger partial charge in [0.15, 0.2) is 0 Å². The molecule has 0 aromatic carbocycles. The summed E-state index contributed by atoms with van der Waals surface area (Å²) in [4.78, 5) is 0. The van der Waals surface area contributed by atoms with Gasteiger partial charge in [-0.1, -0.05) is 77.6 Å². The van der Waals surface area contributed by atoms with Crippen LogP contribution in [0, 0.1) is 0 Å². The molecule has 3 nitrogen and oxygen atoms in total. The van der Waals surface area contributed by atoms with Crippen LogP contribution < -0.4 is 0 Å². The van der Waals surface area contributed by atoms with Crippen molar-refractivity contribution in [3.8, 4) is 0 Å². The van der Waals surface area contributed by atoms with Crippen molar-refractivity contribution in [2.75, 3.05) is 6.61 Å². The highest BCUT2D eigenvalue weighted by atomic mass is 16.6. The summed E-state index contributed by atoms with van der Waals surface area (Å²) in [7, 11) is -1.60. The molecule has 0 spiro atoms. The van der Waals surface area contributed by atoms with E-state index in [-0.39, 0.29) is 0 Å². The van der Waals surface area contributed by atoms with Gasteiger partial charge in [0.1, 0.15) is 0 Å². The lowest BCUT2D eigenvalue weighted by atomic mass is 10.1. The Morgan fingerprint density at radius 2 is 1.06 bits per heavy atom. The molecule has 0 aliphatic heterocycles. The lowest BCUT2D eigenvalue weighted by Crippen LogP contribution is -2.17. The molecule has 0 saturated carbocycles. The van der Waals surface area contributed by atoms with Gasteiger partial charge < -0.3 is 14.7 Å². The van der Waals surface area contributed by atoms with Crippen molar-refractivity contribution in [3.05, 3.63) is 0 Å². The molecular weight excluding hydrogens is 227 g/mol. The van der Waals surface area contributed by atoms with Crippen molar-refractivity contribution in [2.24, 2.45) is 0 Å². The summed E-state index contributed by atoms with van der Waals surface area (Å²) >= 11 is 0. The van der Waals surface area contributed by atoms with Gasteiger partial charge in [-0.05, 0) is 6.42 Å². The molecule has 0 rings (SSSR count). The van der Waals surface area contributed by atoms with Crippen LogP contribution >= 0.6 is 0 Å². The minimum Gasteiger partial charge on any atom is -0.402 e. The van der Waals surface area contributed by atoms with Gasteiger partial charge >= 0.3 is 7.32 Å². The van der Waals surface area contributed by atoms with Crippen LogP contribution in [0.15, 0.2) is 0 Å². The summed E-state index contributed by atoms with van der Waals surface area (Å²) in [5.74, 6) is 0. The Labute approximate surface area is 113 Å². The fraction of sp³-hybridized carbons (Fsp3) is 1.00. The van der Waals surface area contributed by atoms with Gasteiger partial charge in [-0.25, -0.2) is 0 Å². The minimum absolute atomic E-state index is 0.453. The van der Waals surface area contributed by atoms with Crippen molar-refractivity contribution in [2.45, 2.75) is 84.0 Å². The van der Waals surface area contributed by atoms with Crippen LogP contribution in [0.1, 0.15) is 84.0 Å². The number of unbranched alkanes of at least 4 members (excludes halogenated alkanes) is 11. The van der Waals surface area contributed by atoms with Gasteiger partial charge in [-0.15, -0.1) is 0 Å². The van der Waals surface area contributed by atoms with E-state index < -0.39 is 7.32 Å². The van der Waals surface area contributed by atoms with Crippen LogP contribution in [-0.4, -0.2) is 24.0 Å². The molecular formula is C14H31BO3. The van der Waals surface area contributed by atoms with Crippen LogP contribution in [0.4, 0.5) is 0 Å². The molecule has 0 radical (unpaired) electrons. The number of hydrogen-bond acceptors (Lipinski definition) is 3. The maximum atomic E-state index is 8.46. The lowest BCUT2D eigenvalue weighted by Gasteiger charge is -2.03. The summed E-state index contributed by atoms with van der Waals surface area (Å²) in [5.41, 5.74) is 0. The zero-order chi connectivity index (χ0) is 13.5. The zero-order valence-electron chi connectivity index (χ0n) is 12.1. The Morgan fingerprint density at radius 3 is 1.44 bits per heavy atom. The van der Waals surface area contributed by atoms with Gasteiger partial charge in [0.2, 0.25) is 0 Å². The standard InChI is InChI=1S/C14H31BO3/c1-2-3-4-5-6-7-8-9-10-11-12-13-14-18-15(16)17/h16-17H,2-14H2,1H3. The maximum absolute atomic E-state index is 8.46. The Hall–Kier alpha value is -0.0551. The first-order valence-electron chi connectivity index (χ1n) is 7.75. The highest BCUT2D eigenvalue weighted by molar-refractivity contribution is 6.32. The van der Waals surface area contributed by atoms with Crippen LogP contribution in [0.25, 0.3) is 0 Å². The van der Waals surface area contributed by atoms with E-state index in [1.165, 1.54) is 64.2 Å². The Kier molecular flexibility index (Phi) is 15.0. The van der Waals surface area contributed by atoms with Crippen molar-refractivity contribution < 1.29 is 14.7 Å². The third-order valence-electron chi connectivity index (χ3n) is 3.26. The summed E-state index contributed by atoms with van der Waals surface area (Å²) < 4.78 is 4.64. The second-order valence-electron chi connectivity index (χ2n) is 5.09. The number of hydrogen-bond donors (Lipinski definition) is 2. The van der Waals surface area contributed by atoms with E-state index in [0.29, 0.717) is 6.61 Å². The van der Waals surface area contributed by atoms with Gasteiger partial charge in [-0.3, -0.25) is 0 Å². The molecule has 0 aromatic heterocycles. The third kappa shape index (κ3) is 15.9. The van der Waals surface area contributed by atoms with E-state index in [4.69, 9.17) is 10.0 Å². The van der Waals surface area contributed by atoms with Crippen molar-refractivity contribution in [3.63, 3.8) is 0 Å². The van der Waals surface area contributed by atoms with E-state index in [9.17, 15) is 0 Å². The lowest BCUT2D eigenvalue weighted by molar-refractivity contribution is 0.182. The first kappa shape index (κ1) is 17.9. The van der Waals surface area contributed by atoms with Crippen LogP contribution in [0.5, 0.6) is 0 Å². The smallest absolute Gasteiger partial charge is 0.402 e. The highest BCUT2D eigenvalue weighted by Gasteiger charge is 2.06. The van der Waals surface area contributed by atoms with E-state index in [1.54, 1.807) is 0 Å². The summed E-state index contributed by atoms with van der Waals surface area (Å²) in [5, 5.41) is 16.9. The van der Waals surface area contributed by atoms with Gasteiger partial charge in [0, 0.05) is 6.61 Å². The predicted molar refractivity (Wildman–Crippen MR) is 77.2 cm³/mol. The molecule has 0 heterocycles. The highest BCUT2D eigenvalue weighted by Crippen LogP contribution is 2.11. The van der Waals surface area contributed by atoms with E-state index in [1.807, 2.05) is 0 Å². The van der Waals surface area contributed by atoms with Crippen LogP contribution in [0.3, 0.4) is 0 Å². The van der Waals surface area contributed by atoms with E-state index in [2.05, 4.69) is 11.6 Å². The Morgan fingerprint density at radius 1 is 0.667 bits per heavy atom. The molecule has 0 aromatic rings.